The van der Waals surface area contributed by atoms with Gasteiger partial charge >= 0.3 is 0 Å². The van der Waals surface area contributed by atoms with Gasteiger partial charge in [0.25, 0.3) is 0 Å². The van der Waals surface area contributed by atoms with Crippen LogP contribution in [-0.2, 0) is 22.7 Å². The number of nitrogens with zero attached hydrogens (tertiary/aromatic N) is 3. The normalized spacial score (nSPS) is 10.6. The van der Waals surface area contributed by atoms with E-state index >= 15 is 0 Å². The molecular weight excluding hydrogens is 355 g/mol. The van der Waals surface area contributed by atoms with E-state index in [-0.39, 0.29) is 16.7 Å². The van der Waals surface area contributed by atoms with Gasteiger partial charge in [0.1, 0.15) is 12.4 Å². The number of anilines is 1. The Morgan fingerprint density at radius 1 is 1.54 bits per heavy atom. The molecule has 128 valence electrons. The lowest BCUT2D eigenvalue weighted by Crippen LogP contribution is -2.15. The highest BCUT2D eigenvalue weighted by Crippen LogP contribution is 2.21. The van der Waals surface area contributed by atoms with Gasteiger partial charge in [0.2, 0.25) is 5.91 Å². The second-order valence-corrected chi connectivity index (χ2v) is 6.05. The maximum Gasteiger partial charge on any atom is 0.234 e. The van der Waals surface area contributed by atoms with Gasteiger partial charge in [-0.3, -0.25) is 4.79 Å². The summed E-state index contributed by atoms with van der Waals surface area (Å²) in [4.78, 5) is 12.0. The topological polar surface area (TPSA) is 69.0 Å². The fraction of sp³-hybridized carbons (Fsp3) is 0.267. The Hall–Kier alpha value is -1.90. The molecule has 0 aliphatic heterocycles. The summed E-state index contributed by atoms with van der Waals surface area (Å²) in [6.07, 6.45) is 1.72. The summed E-state index contributed by atoms with van der Waals surface area (Å²) in [5.74, 6) is -0.0148. The third kappa shape index (κ3) is 4.80. The molecule has 0 radical (unpaired) electrons. The van der Waals surface area contributed by atoms with Crippen molar-refractivity contribution in [2.45, 2.75) is 18.3 Å². The van der Waals surface area contributed by atoms with Crippen molar-refractivity contribution in [2.75, 3.05) is 18.2 Å². The summed E-state index contributed by atoms with van der Waals surface area (Å²) in [7, 11) is 1.57. The molecule has 0 aliphatic rings. The number of carbonyl (C=O) groups excluding carboxylic acids is 1. The number of benzene rings is 1. The minimum Gasteiger partial charge on any atom is -0.377 e. The number of methoxy groups -OCH3 is 1. The molecule has 9 heteroatoms. The SMILES string of the molecule is C=CCn1c(COC)nnc1SCC(=O)Nc1ccc(F)c(Cl)c1. The molecule has 0 aliphatic carbocycles. The third-order valence-corrected chi connectivity index (χ3v) is 4.17. The Labute approximate surface area is 148 Å². The Morgan fingerprint density at radius 2 is 2.33 bits per heavy atom. The number of halogens is 2. The molecule has 0 spiro atoms. The number of nitrogens with one attached hydrogen (secondary N) is 1. The monoisotopic (exact) mass is 370 g/mol. The van der Waals surface area contributed by atoms with Crippen molar-refractivity contribution in [1.82, 2.24) is 14.8 Å². The van der Waals surface area contributed by atoms with Gasteiger partial charge in [0.05, 0.1) is 10.8 Å². The highest BCUT2D eigenvalue weighted by molar-refractivity contribution is 7.99. The molecular formula is C15H16ClFN4O2S. The van der Waals surface area contributed by atoms with Gasteiger partial charge in [-0.25, -0.2) is 4.39 Å². The van der Waals surface area contributed by atoms with Crippen LogP contribution in [0, 0.1) is 5.82 Å². The van der Waals surface area contributed by atoms with Gasteiger partial charge in [-0.15, -0.1) is 16.8 Å². The summed E-state index contributed by atoms with van der Waals surface area (Å²) in [6.45, 7) is 4.53. The van der Waals surface area contributed by atoms with E-state index in [1.54, 1.807) is 13.2 Å². The van der Waals surface area contributed by atoms with Gasteiger partial charge in [0.15, 0.2) is 11.0 Å². The molecule has 0 bridgehead atoms. The largest absolute Gasteiger partial charge is 0.377 e. The number of allylic oxidation sites excluding steroid dienone is 1. The van der Waals surface area contributed by atoms with Gasteiger partial charge in [-0.05, 0) is 18.2 Å². The Bertz CT molecular complexity index is 738. The summed E-state index contributed by atoms with van der Waals surface area (Å²) in [5, 5.41) is 11.3. The van der Waals surface area contributed by atoms with Crippen LogP contribution in [0.5, 0.6) is 0 Å². The average molecular weight is 371 g/mol. The quantitative estimate of drug-likeness (QED) is 0.571. The van der Waals surface area contributed by atoms with Crippen LogP contribution in [0.4, 0.5) is 10.1 Å². The van der Waals surface area contributed by atoms with Crippen molar-refractivity contribution in [3.8, 4) is 0 Å². The first-order chi connectivity index (χ1) is 11.5. The smallest absolute Gasteiger partial charge is 0.234 e. The van der Waals surface area contributed by atoms with Crippen molar-refractivity contribution in [3.63, 3.8) is 0 Å². The molecule has 0 atom stereocenters. The van der Waals surface area contributed by atoms with Crippen LogP contribution >= 0.6 is 23.4 Å². The first kappa shape index (κ1) is 18.4. The molecule has 6 nitrogen and oxygen atoms in total. The lowest BCUT2D eigenvalue weighted by molar-refractivity contribution is -0.113. The van der Waals surface area contributed by atoms with E-state index in [1.807, 2.05) is 4.57 Å². The lowest BCUT2D eigenvalue weighted by Gasteiger charge is -2.08. The van der Waals surface area contributed by atoms with Crippen LogP contribution in [0.1, 0.15) is 5.82 Å². The van der Waals surface area contributed by atoms with E-state index < -0.39 is 5.82 Å². The Morgan fingerprint density at radius 3 is 3.00 bits per heavy atom. The molecule has 1 N–H and O–H groups in total. The molecule has 2 rings (SSSR count). The molecule has 0 fully saturated rings. The minimum atomic E-state index is -0.535. The number of ether oxygens (including phenoxy) is 1. The summed E-state index contributed by atoms with van der Waals surface area (Å²) in [6, 6.07) is 4.00. The number of amides is 1. The summed E-state index contributed by atoms with van der Waals surface area (Å²) >= 11 is 6.92. The predicted molar refractivity (Wildman–Crippen MR) is 91.7 cm³/mol. The first-order valence-electron chi connectivity index (χ1n) is 6.94. The van der Waals surface area contributed by atoms with Crippen LogP contribution in [0.3, 0.4) is 0 Å². The van der Waals surface area contributed by atoms with E-state index in [2.05, 4.69) is 22.1 Å². The standard InChI is InChI=1S/C15H16ClFN4O2S/c1-3-6-21-13(8-23-2)19-20-15(21)24-9-14(22)18-10-4-5-12(17)11(16)7-10/h3-5,7H,1,6,8-9H2,2H3,(H,18,22). The lowest BCUT2D eigenvalue weighted by atomic mass is 10.3. The van der Waals surface area contributed by atoms with E-state index in [9.17, 15) is 9.18 Å². The van der Waals surface area contributed by atoms with Gasteiger partial charge in [-0.1, -0.05) is 29.4 Å². The van der Waals surface area contributed by atoms with Crippen LogP contribution < -0.4 is 5.32 Å². The van der Waals surface area contributed by atoms with Crippen molar-refractivity contribution >= 4 is 35.0 Å². The molecule has 1 heterocycles. The summed E-state index contributed by atoms with van der Waals surface area (Å²) < 4.78 is 20.0. The zero-order valence-electron chi connectivity index (χ0n) is 13.0. The van der Waals surface area contributed by atoms with Crippen LogP contribution in [0.2, 0.25) is 5.02 Å². The zero-order valence-corrected chi connectivity index (χ0v) is 14.5. The molecule has 0 saturated heterocycles. The molecule has 1 amide bonds. The summed E-state index contributed by atoms with van der Waals surface area (Å²) in [5.41, 5.74) is 0.430. The van der Waals surface area contributed by atoms with Crippen molar-refractivity contribution in [1.29, 1.82) is 0 Å². The number of thioether (sulfide) groups is 1. The van der Waals surface area contributed by atoms with Crippen LogP contribution in [0.25, 0.3) is 0 Å². The molecule has 24 heavy (non-hydrogen) atoms. The van der Waals surface area contributed by atoms with Gasteiger partial charge < -0.3 is 14.6 Å². The number of rotatable bonds is 8. The number of hydrogen-bond donors (Lipinski definition) is 1. The van der Waals surface area contributed by atoms with Gasteiger partial charge in [-0.2, -0.15) is 0 Å². The number of aromatic nitrogens is 3. The second-order valence-electron chi connectivity index (χ2n) is 4.70. The molecule has 1 aromatic heterocycles. The maximum atomic E-state index is 13.1. The highest BCUT2D eigenvalue weighted by Gasteiger charge is 2.13. The van der Waals surface area contributed by atoms with Crippen LogP contribution in [0.15, 0.2) is 36.0 Å². The predicted octanol–water partition coefficient (Wildman–Crippen LogP) is 3.13. The van der Waals surface area contributed by atoms with Crippen molar-refractivity contribution in [2.24, 2.45) is 0 Å². The average Bonchev–Trinajstić information content (AvgIpc) is 2.92. The zero-order chi connectivity index (χ0) is 17.5. The first-order valence-corrected chi connectivity index (χ1v) is 8.31. The molecule has 1 aromatic carbocycles. The highest BCUT2D eigenvalue weighted by atomic mass is 35.5. The van der Waals surface area contributed by atoms with E-state index in [0.717, 1.165) is 0 Å². The fourth-order valence-electron chi connectivity index (χ4n) is 1.88. The van der Waals surface area contributed by atoms with Crippen molar-refractivity contribution < 1.29 is 13.9 Å². The fourth-order valence-corrected chi connectivity index (χ4v) is 2.82. The molecule has 0 unspecified atom stereocenters. The van der Waals surface area contributed by atoms with E-state index in [0.29, 0.717) is 29.8 Å². The van der Waals surface area contributed by atoms with E-state index in [1.165, 1.54) is 30.0 Å². The minimum absolute atomic E-state index is 0.0459. The number of carbonyl (C=O) groups is 1. The van der Waals surface area contributed by atoms with Crippen molar-refractivity contribution in [3.05, 3.63) is 47.5 Å². The maximum absolute atomic E-state index is 13.1. The molecule has 0 saturated carbocycles. The Kier molecular flexibility index (Phi) is 6.77. The molecule has 2 aromatic rings. The Balaban J connectivity index is 1.98. The van der Waals surface area contributed by atoms with E-state index in [4.69, 9.17) is 16.3 Å². The number of hydrogen-bond acceptors (Lipinski definition) is 5. The third-order valence-electron chi connectivity index (χ3n) is 2.91. The van der Waals surface area contributed by atoms with Crippen LogP contribution in [-0.4, -0.2) is 33.5 Å². The van der Waals surface area contributed by atoms with Gasteiger partial charge in [0, 0.05) is 19.3 Å². The second kappa shape index (κ2) is 8.81.